The topological polar surface area (TPSA) is 65.9 Å². The number of hydrogen-bond donors (Lipinski definition) is 0. The van der Waals surface area contributed by atoms with Crippen LogP contribution in [0.15, 0.2) is 28.9 Å². The minimum absolute atomic E-state index is 0.118. The molecule has 3 rings (SSSR count). The predicted molar refractivity (Wildman–Crippen MR) is 61.1 cm³/mol. The van der Waals surface area contributed by atoms with Crippen LogP contribution in [0.3, 0.4) is 0 Å². The molecule has 5 heteroatoms. The number of aromatic nitrogens is 3. The van der Waals surface area contributed by atoms with Crippen LogP contribution in [0.25, 0.3) is 11.5 Å². The maximum atomic E-state index is 5.22. The third-order valence-corrected chi connectivity index (χ3v) is 2.96. The van der Waals surface area contributed by atoms with Gasteiger partial charge in [-0.25, -0.2) is 5.32 Å². The lowest BCUT2D eigenvalue weighted by Gasteiger charge is -2.19. The summed E-state index contributed by atoms with van der Waals surface area (Å²) in [6.07, 6.45) is 5.11. The van der Waals surface area contributed by atoms with Crippen LogP contribution in [0.2, 0.25) is 0 Å². The van der Waals surface area contributed by atoms with Crippen LogP contribution in [-0.4, -0.2) is 21.9 Å². The Bertz CT molecular complexity index is 476. The second-order valence-electron chi connectivity index (χ2n) is 4.12. The van der Waals surface area contributed by atoms with E-state index in [1.165, 1.54) is 12.8 Å². The maximum Gasteiger partial charge on any atom is 0.210 e. The molecule has 1 unspecified atom stereocenters. The molecule has 1 aliphatic heterocycles. The highest BCUT2D eigenvalue weighted by Gasteiger charge is 2.25. The van der Waals surface area contributed by atoms with Gasteiger partial charge in [0, 0.05) is 18.0 Å². The summed E-state index contributed by atoms with van der Waals surface area (Å²) < 4.78 is 5.22. The van der Waals surface area contributed by atoms with Gasteiger partial charge in [0.15, 0.2) is 0 Å². The summed E-state index contributed by atoms with van der Waals surface area (Å²) in [6.45, 7) is 0.902. The molecule has 1 aliphatic rings. The monoisotopic (exact) mass is 229 g/mol. The Hall–Kier alpha value is -1.75. The molecule has 0 aromatic carbocycles. The fraction of sp³-hybridized carbons (Fsp3) is 0.417. The molecule has 87 valence electrons. The van der Waals surface area contributed by atoms with Gasteiger partial charge in [-0.3, -0.25) is 4.98 Å². The zero-order chi connectivity index (χ0) is 11.5. The minimum atomic E-state index is 0.118. The van der Waals surface area contributed by atoms with Gasteiger partial charge in [0.05, 0.1) is 6.04 Å². The zero-order valence-corrected chi connectivity index (χ0v) is 9.41. The van der Waals surface area contributed by atoms with E-state index in [0.717, 1.165) is 24.4 Å². The average Bonchev–Trinajstić information content (AvgIpc) is 2.90. The molecule has 5 nitrogen and oxygen atoms in total. The van der Waals surface area contributed by atoms with E-state index >= 15 is 0 Å². The highest BCUT2D eigenvalue weighted by molar-refractivity contribution is 5.54. The third-order valence-electron chi connectivity index (χ3n) is 2.96. The van der Waals surface area contributed by atoms with Crippen LogP contribution in [0, 0.1) is 0 Å². The number of rotatable bonds is 2. The lowest BCUT2D eigenvalue weighted by atomic mass is 10.0. The second-order valence-corrected chi connectivity index (χ2v) is 4.12. The van der Waals surface area contributed by atoms with Crippen LogP contribution in [0.4, 0.5) is 0 Å². The Labute approximate surface area is 99.2 Å². The molecule has 2 aromatic rings. The third kappa shape index (κ3) is 2.06. The van der Waals surface area contributed by atoms with Crippen molar-refractivity contribution in [2.45, 2.75) is 25.3 Å². The van der Waals surface area contributed by atoms with Gasteiger partial charge in [0.2, 0.25) is 5.76 Å². The Morgan fingerprint density at radius 2 is 2.24 bits per heavy atom. The lowest BCUT2D eigenvalue weighted by Crippen LogP contribution is -2.21. The minimum Gasteiger partial charge on any atom is -0.335 e. The quantitative estimate of drug-likeness (QED) is 0.789. The van der Waals surface area contributed by atoms with Gasteiger partial charge in [0.1, 0.15) is 11.4 Å². The van der Waals surface area contributed by atoms with Gasteiger partial charge < -0.3 is 4.52 Å². The van der Waals surface area contributed by atoms with E-state index in [1.54, 1.807) is 6.20 Å². The van der Waals surface area contributed by atoms with Crippen molar-refractivity contribution in [2.24, 2.45) is 0 Å². The molecule has 0 saturated carbocycles. The summed E-state index contributed by atoms with van der Waals surface area (Å²) >= 11 is 0. The van der Waals surface area contributed by atoms with Gasteiger partial charge in [-0.15, -0.1) is 5.10 Å². The first-order chi connectivity index (χ1) is 8.45. The summed E-state index contributed by atoms with van der Waals surface area (Å²) in [5.41, 5.74) is 1.59. The van der Waals surface area contributed by atoms with Crippen molar-refractivity contribution in [2.75, 3.05) is 6.54 Å². The van der Waals surface area contributed by atoms with Crippen LogP contribution >= 0.6 is 0 Å². The van der Waals surface area contributed by atoms with Gasteiger partial charge in [-0.05, 0) is 25.0 Å². The van der Waals surface area contributed by atoms with Gasteiger partial charge >= 0.3 is 0 Å². The van der Waals surface area contributed by atoms with Crippen molar-refractivity contribution in [1.29, 1.82) is 0 Å². The number of pyridine rings is 1. The fourth-order valence-corrected chi connectivity index (χ4v) is 2.10. The van der Waals surface area contributed by atoms with E-state index in [2.05, 4.69) is 20.7 Å². The fourth-order valence-electron chi connectivity index (χ4n) is 2.10. The van der Waals surface area contributed by atoms with Crippen LogP contribution < -0.4 is 5.32 Å². The highest BCUT2D eigenvalue weighted by Crippen LogP contribution is 2.30. The summed E-state index contributed by atoms with van der Waals surface area (Å²) in [5, 5.41) is 12.3. The van der Waals surface area contributed by atoms with Crippen LogP contribution in [-0.2, 0) is 0 Å². The Balaban J connectivity index is 1.93. The Morgan fingerprint density at radius 3 is 3.00 bits per heavy atom. The second kappa shape index (κ2) is 4.63. The molecule has 0 amide bonds. The van der Waals surface area contributed by atoms with Gasteiger partial charge in [-0.1, -0.05) is 12.5 Å². The molecule has 0 aliphatic carbocycles. The Morgan fingerprint density at radius 1 is 1.24 bits per heavy atom. The molecule has 0 N–H and O–H groups in total. The van der Waals surface area contributed by atoms with E-state index in [-0.39, 0.29) is 6.04 Å². The normalized spacial score (nSPS) is 20.4. The molecule has 1 saturated heterocycles. The van der Waals surface area contributed by atoms with E-state index in [1.807, 2.05) is 18.2 Å². The summed E-state index contributed by atoms with van der Waals surface area (Å²) in [5.74, 6) is 0.654. The Kier molecular flexibility index (Phi) is 2.83. The number of hydrogen-bond acceptors (Lipinski definition) is 4. The maximum absolute atomic E-state index is 5.22. The molecular formula is C12H13N4O. The van der Waals surface area contributed by atoms with Crippen LogP contribution in [0.1, 0.15) is 31.0 Å². The highest BCUT2D eigenvalue weighted by atomic mass is 16.5. The van der Waals surface area contributed by atoms with Crippen molar-refractivity contribution in [3.05, 3.63) is 30.1 Å². The van der Waals surface area contributed by atoms with E-state index < -0.39 is 0 Å². The summed E-state index contributed by atoms with van der Waals surface area (Å²) in [4.78, 5) is 4.26. The zero-order valence-electron chi connectivity index (χ0n) is 9.41. The predicted octanol–water partition coefficient (Wildman–Crippen LogP) is 1.96. The molecule has 1 fully saturated rings. The molecular weight excluding hydrogens is 216 g/mol. The average molecular weight is 229 g/mol. The number of nitrogens with zero attached hydrogens (tertiary/aromatic N) is 4. The molecule has 0 bridgehead atoms. The molecule has 17 heavy (non-hydrogen) atoms. The summed E-state index contributed by atoms with van der Waals surface area (Å²) in [7, 11) is 0. The van der Waals surface area contributed by atoms with Gasteiger partial charge in [0.25, 0.3) is 0 Å². The lowest BCUT2D eigenvalue weighted by molar-refractivity contribution is 0.397. The number of piperidine rings is 1. The first kappa shape index (κ1) is 10.4. The van der Waals surface area contributed by atoms with Crippen LogP contribution in [0.5, 0.6) is 0 Å². The molecule has 0 spiro atoms. The first-order valence-corrected chi connectivity index (χ1v) is 5.85. The van der Waals surface area contributed by atoms with E-state index in [4.69, 9.17) is 4.52 Å². The van der Waals surface area contributed by atoms with E-state index in [0.29, 0.717) is 5.76 Å². The van der Waals surface area contributed by atoms with Gasteiger partial charge in [-0.2, -0.15) is 0 Å². The molecule has 1 radical (unpaired) electrons. The molecule has 3 heterocycles. The van der Waals surface area contributed by atoms with Crippen molar-refractivity contribution < 1.29 is 4.52 Å². The van der Waals surface area contributed by atoms with Crippen molar-refractivity contribution in [3.8, 4) is 11.5 Å². The largest absolute Gasteiger partial charge is 0.335 e. The SMILES string of the molecule is c1ccc(-c2onnc2C2CCCC[N]2)nc1. The smallest absolute Gasteiger partial charge is 0.210 e. The first-order valence-electron chi connectivity index (χ1n) is 5.85. The van der Waals surface area contributed by atoms with Crippen molar-refractivity contribution >= 4 is 0 Å². The summed E-state index contributed by atoms with van der Waals surface area (Å²) in [6, 6.07) is 5.81. The van der Waals surface area contributed by atoms with Crippen molar-refractivity contribution in [3.63, 3.8) is 0 Å². The molecule has 2 aromatic heterocycles. The van der Waals surface area contributed by atoms with Crippen molar-refractivity contribution in [1.82, 2.24) is 20.7 Å². The molecule has 1 atom stereocenters. The standard InChI is InChI=1S/C12H13N4O/c1-3-7-13-9(5-1)11-12(17-16-15-11)10-6-2-4-8-14-10/h2,4,6,8-9H,1,3,5,7H2. The van der Waals surface area contributed by atoms with E-state index in [9.17, 15) is 0 Å².